The molecule has 0 aliphatic heterocycles. The number of pyridine rings is 1. The Morgan fingerprint density at radius 2 is 2.17 bits per heavy atom. The molecule has 3 aromatic rings. The van der Waals surface area contributed by atoms with E-state index in [4.69, 9.17) is 11.6 Å². The van der Waals surface area contributed by atoms with Crippen molar-refractivity contribution < 1.29 is 0 Å². The largest absolute Gasteiger partial charge is 0.306 e. The Morgan fingerprint density at radius 3 is 2.92 bits per heavy atom. The second-order valence-corrected chi connectivity index (χ2v) is 6.62. The molecule has 2 aromatic heterocycles. The van der Waals surface area contributed by atoms with E-state index in [9.17, 15) is 0 Å². The van der Waals surface area contributed by atoms with Gasteiger partial charge < -0.3 is 5.32 Å². The van der Waals surface area contributed by atoms with Gasteiger partial charge in [-0.1, -0.05) is 23.7 Å². The van der Waals surface area contributed by atoms with Gasteiger partial charge in [-0.25, -0.2) is 9.97 Å². The molecular weight excluding hydrogens is 320 g/mol. The lowest BCUT2D eigenvalue weighted by atomic mass is 10.1. The fourth-order valence-corrected chi connectivity index (χ4v) is 3.52. The Labute approximate surface area is 146 Å². The molecule has 1 aliphatic rings. The lowest BCUT2D eigenvalue weighted by Gasteiger charge is -2.14. The Bertz CT molecular complexity index is 854. The fourth-order valence-electron chi connectivity index (χ4n) is 3.32. The maximum Gasteiger partial charge on any atom is 0.137 e. The van der Waals surface area contributed by atoms with Crippen LogP contribution in [0.4, 0.5) is 0 Å². The van der Waals surface area contributed by atoms with Crippen LogP contribution in [0.3, 0.4) is 0 Å². The number of benzene rings is 1. The SMILES string of the molecule is Cc1nccn1-c1ccc(CNC2CCc3cc(Cl)ccc32)cn1. The molecule has 0 saturated heterocycles. The number of fused-ring (bicyclic) bond motifs is 1. The van der Waals surface area contributed by atoms with Gasteiger partial charge in [0.15, 0.2) is 0 Å². The summed E-state index contributed by atoms with van der Waals surface area (Å²) in [6, 6.07) is 10.8. The van der Waals surface area contributed by atoms with Crippen molar-refractivity contribution >= 4 is 11.6 Å². The van der Waals surface area contributed by atoms with Crippen LogP contribution >= 0.6 is 11.6 Å². The zero-order valence-corrected chi connectivity index (χ0v) is 14.3. The van der Waals surface area contributed by atoms with Crippen molar-refractivity contribution in [2.24, 2.45) is 0 Å². The molecule has 1 aliphatic carbocycles. The third-order valence-electron chi connectivity index (χ3n) is 4.62. The van der Waals surface area contributed by atoms with Gasteiger partial charge in [-0.05, 0) is 54.7 Å². The second kappa shape index (κ2) is 6.38. The van der Waals surface area contributed by atoms with Gasteiger partial charge in [0.1, 0.15) is 11.6 Å². The topological polar surface area (TPSA) is 42.7 Å². The maximum atomic E-state index is 6.08. The summed E-state index contributed by atoms with van der Waals surface area (Å²) in [5, 5.41) is 4.46. The molecule has 0 radical (unpaired) electrons. The van der Waals surface area contributed by atoms with E-state index in [1.807, 2.05) is 36.0 Å². The number of aryl methyl sites for hydroxylation is 2. The summed E-state index contributed by atoms with van der Waals surface area (Å²) in [5.74, 6) is 1.84. The lowest BCUT2D eigenvalue weighted by Crippen LogP contribution is -2.18. The number of nitrogens with one attached hydrogen (secondary N) is 1. The Balaban J connectivity index is 1.43. The van der Waals surface area contributed by atoms with Gasteiger partial charge in [0.05, 0.1) is 0 Å². The molecule has 4 nitrogen and oxygen atoms in total. The number of halogens is 1. The van der Waals surface area contributed by atoms with Crippen LogP contribution in [0, 0.1) is 6.92 Å². The number of hydrogen-bond acceptors (Lipinski definition) is 3. The molecular formula is C19H19ClN4. The van der Waals surface area contributed by atoms with Crippen LogP contribution in [-0.2, 0) is 13.0 Å². The van der Waals surface area contributed by atoms with E-state index in [0.29, 0.717) is 6.04 Å². The molecule has 24 heavy (non-hydrogen) atoms. The Morgan fingerprint density at radius 1 is 1.25 bits per heavy atom. The molecule has 4 rings (SSSR count). The molecule has 2 heterocycles. The van der Waals surface area contributed by atoms with Crippen molar-refractivity contribution in [1.82, 2.24) is 19.9 Å². The molecule has 1 unspecified atom stereocenters. The molecule has 0 amide bonds. The zero-order valence-electron chi connectivity index (χ0n) is 13.5. The molecule has 0 bridgehead atoms. The molecule has 1 atom stereocenters. The highest BCUT2D eigenvalue weighted by atomic mass is 35.5. The first kappa shape index (κ1) is 15.4. The number of imidazole rings is 1. The van der Waals surface area contributed by atoms with Crippen molar-refractivity contribution in [3.63, 3.8) is 0 Å². The highest BCUT2D eigenvalue weighted by Crippen LogP contribution is 2.33. The van der Waals surface area contributed by atoms with Gasteiger partial charge in [0, 0.05) is 36.2 Å². The smallest absolute Gasteiger partial charge is 0.137 e. The van der Waals surface area contributed by atoms with Crippen LogP contribution < -0.4 is 5.32 Å². The van der Waals surface area contributed by atoms with Crippen LogP contribution in [0.1, 0.15) is 35.0 Å². The summed E-state index contributed by atoms with van der Waals surface area (Å²) in [6.07, 6.45) is 7.85. The van der Waals surface area contributed by atoms with E-state index in [2.05, 4.69) is 33.5 Å². The van der Waals surface area contributed by atoms with Crippen LogP contribution in [0.15, 0.2) is 48.9 Å². The fraction of sp³-hybridized carbons (Fsp3) is 0.263. The van der Waals surface area contributed by atoms with Gasteiger partial charge in [0.2, 0.25) is 0 Å². The summed E-state index contributed by atoms with van der Waals surface area (Å²) in [5.41, 5.74) is 3.92. The third-order valence-corrected chi connectivity index (χ3v) is 4.85. The quantitative estimate of drug-likeness (QED) is 0.781. The van der Waals surface area contributed by atoms with Crippen molar-refractivity contribution in [2.75, 3.05) is 0 Å². The normalized spacial score (nSPS) is 16.3. The molecule has 122 valence electrons. The minimum Gasteiger partial charge on any atom is -0.306 e. The lowest BCUT2D eigenvalue weighted by molar-refractivity contribution is 0.529. The summed E-state index contributed by atoms with van der Waals surface area (Å²) in [4.78, 5) is 8.78. The van der Waals surface area contributed by atoms with E-state index in [-0.39, 0.29) is 0 Å². The predicted octanol–water partition coefficient (Wildman–Crippen LogP) is 4.01. The number of aromatic nitrogens is 3. The monoisotopic (exact) mass is 338 g/mol. The van der Waals surface area contributed by atoms with Gasteiger partial charge in [-0.2, -0.15) is 0 Å². The standard InChI is InChI=1S/C19H19ClN4/c1-13-21-8-9-24(13)19-7-2-14(12-23-19)11-22-18-6-3-15-10-16(20)4-5-17(15)18/h2,4-5,7-10,12,18,22H,3,6,11H2,1H3. The van der Waals surface area contributed by atoms with Crippen LogP contribution in [0.2, 0.25) is 5.02 Å². The molecule has 0 spiro atoms. The van der Waals surface area contributed by atoms with Gasteiger partial charge in [0.25, 0.3) is 0 Å². The van der Waals surface area contributed by atoms with E-state index >= 15 is 0 Å². The highest BCUT2D eigenvalue weighted by Gasteiger charge is 2.21. The first-order valence-corrected chi connectivity index (χ1v) is 8.55. The van der Waals surface area contributed by atoms with Crippen LogP contribution in [0.5, 0.6) is 0 Å². The van der Waals surface area contributed by atoms with Gasteiger partial charge in [-0.3, -0.25) is 4.57 Å². The molecule has 0 fully saturated rings. The average Bonchev–Trinajstić information content (AvgIpc) is 3.19. The minimum atomic E-state index is 0.396. The summed E-state index contributed by atoms with van der Waals surface area (Å²) in [6.45, 7) is 2.78. The first-order chi connectivity index (χ1) is 11.7. The van der Waals surface area contributed by atoms with E-state index in [1.54, 1.807) is 6.20 Å². The van der Waals surface area contributed by atoms with Gasteiger partial charge in [-0.15, -0.1) is 0 Å². The zero-order chi connectivity index (χ0) is 16.5. The van der Waals surface area contributed by atoms with Crippen molar-refractivity contribution in [2.45, 2.75) is 32.4 Å². The second-order valence-electron chi connectivity index (χ2n) is 6.18. The minimum absolute atomic E-state index is 0.396. The van der Waals surface area contributed by atoms with Crippen molar-refractivity contribution in [3.05, 3.63) is 76.5 Å². The average molecular weight is 339 g/mol. The third kappa shape index (κ3) is 2.95. The number of rotatable bonds is 4. The summed E-state index contributed by atoms with van der Waals surface area (Å²) in [7, 11) is 0. The Kier molecular flexibility index (Phi) is 4.08. The molecule has 1 N–H and O–H groups in total. The first-order valence-electron chi connectivity index (χ1n) is 8.17. The van der Waals surface area contributed by atoms with Gasteiger partial charge >= 0.3 is 0 Å². The van der Waals surface area contributed by atoms with Crippen molar-refractivity contribution in [1.29, 1.82) is 0 Å². The molecule has 1 aromatic carbocycles. The predicted molar refractivity (Wildman–Crippen MR) is 95.4 cm³/mol. The number of nitrogens with zero attached hydrogens (tertiary/aromatic N) is 3. The highest BCUT2D eigenvalue weighted by molar-refractivity contribution is 6.30. The van der Waals surface area contributed by atoms with Crippen LogP contribution in [0.25, 0.3) is 5.82 Å². The van der Waals surface area contributed by atoms with Crippen LogP contribution in [-0.4, -0.2) is 14.5 Å². The van der Waals surface area contributed by atoms with E-state index in [0.717, 1.165) is 36.1 Å². The van der Waals surface area contributed by atoms with Crippen molar-refractivity contribution in [3.8, 4) is 5.82 Å². The summed E-state index contributed by atoms with van der Waals surface area (Å²) < 4.78 is 1.98. The van der Waals surface area contributed by atoms with E-state index < -0.39 is 0 Å². The number of hydrogen-bond donors (Lipinski definition) is 1. The molecule has 5 heteroatoms. The molecule has 0 saturated carbocycles. The van der Waals surface area contributed by atoms with E-state index in [1.165, 1.54) is 16.7 Å². The Hall–Kier alpha value is -2.17. The summed E-state index contributed by atoms with van der Waals surface area (Å²) >= 11 is 6.08. The maximum absolute atomic E-state index is 6.08.